The Morgan fingerprint density at radius 1 is 0.974 bits per heavy atom. The monoisotopic (exact) mass is 517 g/mol. The molecule has 1 heterocycles. The van der Waals surface area contributed by atoms with Crippen molar-refractivity contribution in [2.24, 2.45) is 0 Å². The SMILES string of the molecule is COc1ccc(F)c(C(=O)Nc2ccc(C3(NC(=O)C4Cc5ccccc5CN4C)CCC3)cc2)c1OC. The van der Waals surface area contributed by atoms with Crippen molar-refractivity contribution in [2.75, 3.05) is 26.6 Å². The molecule has 8 heteroatoms. The third-order valence-electron chi connectivity index (χ3n) is 7.77. The number of methoxy groups -OCH3 is 2. The van der Waals surface area contributed by atoms with Crippen molar-refractivity contribution in [1.82, 2.24) is 10.2 Å². The van der Waals surface area contributed by atoms with E-state index in [0.717, 1.165) is 31.4 Å². The van der Waals surface area contributed by atoms with Gasteiger partial charge >= 0.3 is 0 Å². The molecule has 5 rings (SSSR count). The maximum Gasteiger partial charge on any atom is 0.262 e. The van der Waals surface area contributed by atoms with Gasteiger partial charge in [0.1, 0.15) is 11.4 Å². The molecule has 1 fully saturated rings. The molecule has 7 nitrogen and oxygen atoms in total. The van der Waals surface area contributed by atoms with Gasteiger partial charge in [-0.1, -0.05) is 36.4 Å². The summed E-state index contributed by atoms with van der Waals surface area (Å²) in [5.41, 5.74) is 3.32. The number of amides is 2. The number of hydrogen-bond donors (Lipinski definition) is 2. The second-order valence-corrected chi connectivity index (χ2v) is 10.0. The molecule has 1 aliphatic heterocycles. The van der Waals surface area contributed by atoms with Crippen LogP contribution in [0, 0.1) is 5.82 Å². The second kappa shape index (κ2) is 10.5. The molecule has 2 N–H and O–H groups in total. The third-order valence-corrected chi connectivity index (χ3v) is 7.77. The molecule has 1 atom stereocenters. The van der Waals surface area contributed by atoms with E-state index in [1.165, 1.54) is 37.5 Å². The molecular weight excluding hydrogens is 485 g/mol. The molecule has 0 bridgehead atoms. The van der Waals surface area contributed by atoms with Crippen LogP contribution in [0.15, 0.2) is 60.7 Å². The van der Waals surface area contributed by atoms with Crippen molar-refractivity contribution in [3.63, 3.8) is 0 Å². The summed E-state index contributed by atoms with van der Waals surface area (Å²) in [6.07, 6.45) is 3.41. The molecule has 0 saturated heterocycles. The van der Waals surface area contributed by atoms with Gasteiger partial charge in [0, 0.05) is 12.2 Å². The van der Waals surface area contributed by atoms with E-state index in [1.807, 2.05) is 31.3 Å². The average molecular weight is 518 g/mol. The highest BCUT2D eigenvalue weighted by Crippen LogP contribution is 2.42. The highest BCUT2D eigenvalue weighted by Gasteiger charge is 2.42. The van der Waals surface area contributed by atoms with Crippen molar-refractivity contribution in [2.45, 2.75) is 43.8 Å². The number of nitrogens with zero attached hydrogens (tertiary/aromatic N) is 1. The number of nitrogens with one attached hydrogen (secondary N) is 2. The van der Waals surface area contributed by atoms with Crippen LogP contribution in [0.3, 0.4) is 0 Å². The summed E-state index contributed by atoms with van der Waals surface area (Å²) >= 11 is 0. The maximum absolute atomic E-state index is 14.5. The smallest absolute Gasteiger partial charge is 0.262 e. The number of carbonyl (C=O) groups excluding carboxylic acids is 2. The minimum Gasteiger partial charge on any atom is -0.493 e. The Morgan fingerprint density at radius 2 is 1.68 bits per heavy atom. The van der Waals surface area contributed by atoms with E-state index in [4.69, 9.17) is 9.47 Å². The number of halogens is 1. The number of fused-ring (bicyclic) bond motifs is 1. The quantitative estimate of drug-likeness (QED) is 0.477. The third kappa shape index (κ3) is 4.72. The maximum atomic E-state index is 14.5. The molecule has 0 spiro atoms. The number of likely N-dealkylation sites (N-methyl/N-ethyl adjacent to an activating group) is 1. The lowest BCUT2D eigenvalue weighted by Crippen LogP contribution is -2.57. The fraction of sp³-hybridized carbons (Fsp3) is 0.333. The zero-order chi connectivity index (χ0) is 26.9. The summed E-state index contributed by atoms with van der Waals surface area (Å²) in [6.45, 7) is 0.744. The lowest BCUT2D eigenvalue weighted by Gasteiger charge is -2.45. The first-order valence-electron chi connectivity index (χ1n) is 12.8. The number of ether oxygens (including phenoxy) is 2. The highest BCUT2D eigenvalue weighted by atomic mass is 19.1. The van der Waals surface area contributed by atoms with Crippen molar-refractivity contribution in [3.05, 3.63) is 88.7 Å². The van der Waals surface area contributed by atoms with E-state index in [0.29, 0.717) is 12.1 Å². The molecule has 1 saturated carbocycles. The number of benzene rings is 3. The number of rotatable bonds is 7. The van der Waals surface area contributed by atoms with Gasteiger partial charge in [0.15, 0.2) is 11.5 Å². The normalized spacial score (nSPS) is 18.1. The van der Waals surface area contributed by atoms with Gasteiger partial charge in [-0.2, -0.15) is 0 Å². The fourth-order valence-corrected chi connectivity index (χ4v) is 5.46. The van der Waals surface area contributed by atoms with E-state index < -0.39 is 17.3 Å². The van der Waals surface area contributed by atoms with Crippen molar-refractivity contribution < 1.29 is 23.5 Å². The first kappa shape index (κ1) is 25.7. The molecule has 0 radical (unpaired) electrons. The van der Waals surface area contributed by atoms with Crippen LogP contribution in [0.4, 0.5) is 10.1 Å². The Bertz CT molecular complexity index is 1350. The van der Waals surface area contributed by atoms with Crippen LogP contribution in [0.2, 0.25) is 0 Å². The van der Waals surface area contributed by atoms with Gasteiger partial charge < -0.3 is 20.1 Å². The molecule has 198 valence electrons. The molecule has 2 aliphatic rings. The van der Waals surface area contributed by atoms with Crippen molar-refractivity contribution >= 4 is 17.5 Å². The zero-order valence-corrected chi connectivity index (χ0v) is 21.8. The largest absolute Gasteiger partial charge is 0.493 e. The standard InChI is InChI=1S/C30H32FN3O4/c1-34-18-20-8-5-4-7-19(20)17-24(34)28(35)33-30(15-6-16-30)21-9-11-22(12-10-21)32-29(36)26-23(31)13-14-25(37-2)27(26)38-3/h4-5,7-14,24H,6,15-18H2,1-3H3,(H,32,36)(H,33,35). The van der Waals surface area contributed by atoms with Gasteiger partial charge in [0.2, 0.25) is 5.91 Å². The van der Waals surface area contributed by atoms with Crippen LogP contribution >= 0.6 is 0 Å². The molecule has 0 aromatic heterocycles. The Hall–Kier alpha value is -3.91. The molecule has 38 heavy (non-hydrogen) atoms. The van der Waals surface area contributed by atoms with Gasteiger partial charge in [0.25, 0.3) is 5.91 Å². The van der Waals surface area contributed by atoms with E-state index >= 15 is 0 Å². The van der Waals surface area contributed by atoms with E-state index in [9.17, 15) is 14.0 Å². The Balaban J connectivity index is 1.30. The minimum atomic E-state index is -0.705. The average Bonchev–Trinajstić information content (AvgIpc) is 2.90. The van der Waals surface area contributed by atoms with E-state index in [2.05, 4.69) is 27.7 Å². The lowest BCUT2D eigenvalue weighted by atomic mass is 9.71. The van der Waals surface area contributed by atoms with Crippen LogP contribution in [0.25, 0.3) is 0 Å². The molecule has 2 amide bonds. The summed E-state index contributed by atoms with van der Waals surface area (Å²) in [5, 5.41) is 6.09. The Morgan fingerprint density at radius 3 is 2.32 bits per heavy atom. The minimum absolute atomic E-state index is 0.0275. The molecule has 3 aromatic carbocycles. The topological polar surface area (TPSA) is 79.9 Å². The molecule has 1 aliphatic carbocycles. The van der Waals surface area contributed by atoms with Crippen LogP contribution in [-0.2, 0) is 23.3 Å². The number of carbonyl (C=O) groups is 2. The second-order valence-electron chi connectivity index (χ2n) is 10.0. The molecule has 3 aromatic rings. The Labute approximate surface area is 221 Å². The van der Waals surface area contributed by atoms with Gasteiger partial charge in [-0.3, -0.25) is 14.5 Å². The van der Waals surface area contributed by atoms with Gasteiger partial charge in [-0.25, -0.2) is 4.39 Å². The summed E-state index contributed by atoms with van der Waals surface area (Å²) in [5.74, 6) is -1.02. The van der Waals surface area contributed by atoms with E-state index in [1.54, 1.807) is 12.1 Å². The lowest BCUT2D eigenvalue weighted by molar-refractivity contribution is -0.129. The van der Waals surface area contributed by atoms with Crippen LogP contribution in [0.5, 0.6) is 11.5 Å². The summed E-state index contributed by atoms with van der Waals surface area (Å²) in [6, 6.07) is 18.0. The van der Waals surface area contributed by atoms with Crippen molar-refractivity contribution in [3.8, 4) is 11.5 Å². The van der Waals surface area contributed by atoms with E-state index in [-0.39, 0.29) is 29.0 Å². The first-order chi connectivity index (χ1) is 18.3. The summed E-state index contributed by atoms with van der Waals surface area (Å²) < 4.78 is 25.0. The van der Waals surface area contributed by atoms with Gasteiger partial charge in [0.05, 0.1) is 25.8 Å². The molecule has 1 unspecified atom stereocenters. The number of anilines is 1. The Kier molecular flexibility index (Phi) is 7.08. The first-order valence-corrected chi connectivity index (χ1v) is 12.8. The predicted octanol–water partition coefficient (Wildman–Crippen LogP) is 4.65. The highest BCUT2D eigenvalue weighted by molar-refractivity contribution is 6.07. The molecular formula is C30H32FN3O4. The van der Waals surface area contributed by atoms with Gasteiger partial charge in [-0.15, -0.1) is 0 Å². The van der Waals surface area contributed by atoms with Gasteiger partial charge in [-0.05, 0) is 73.7 Å². The number of hydrogen-bond acceptors (Lipinski definition) is 5. The summed E-state index contributed by atoms with van der Waals surface area (Å²) in [7, 11) is 4.78. The zero-order valence-electron chi connectivity index (χ0n) is 21.8. The van der Waals surface area contributed by atoms with Crippen LogP contribution in [-0.4, -0.2) is 44.0 Å². The predicted molar refractivity (Wildman–Crippen MR) is 143 cm³/mol. The summed E-state index contributed by atoms with van der Waals surface area (Å²) in [4.78, 5) is 28.5. The van der Waals surface area contributed by atoms with Crippen LogP contribution < -0.4 is 20.1 Å². The van der Waals surface area contributed by atoms with Crippen molar-refractivity contribution in [1.29, 1.82) is 0 Å². The van der Waals surface area contributed by atoms with Crippen LogP contribution in [0.1, 0.15) is 46.3 Å². The fourth-order valence-electron chi connectivity index (χ4n) is 5.46.